The minimum Gasteiger partial charge on any atom is -0.395 e. The van der Waals surface area contributed by atoms with Crippen molar-refractivity contribution in [2.45, 2.75) is 25.9 Å². The number of nitrogens with one attached hydrogen (secondary N) is 1. The summed E-state index contributed by atoms with van der Waals surface area (Å²) in [4.78, 5) is 2.09. The van der Waals surface area contributed by atoms with E-state index >= 15 is 0 Å². The Hall–Kier alpha value is -0.170. The maximum Gasteiger partial charge on any atom is 0.152 e. The smallest absolute Gasteiger partial charge is 0.152 e. The second-order valence-corrected chi connectivity index (χ2v) is 6.96. The largest absolute Gasteiger partial charge is 0.395 e. The fraction of sp³-hybridized carbons (Fsp3) is 1.00. The average molecular weight is 250 g/mol. The molecule has 0 aromatic heterocycles. The zero-order valence-corrected chi connectivity index (χ0v) is 10.8. The molecule has 0 bridgehead atoms. The van der Waals surface area contributed by atoms with Gasteiger partial charge in [0.1, 0.15) is 0 Å². The molecule has 96 valence electrons. The van der Waals surface area contributed by atoms with Crippen LogP contribution in [0.1, 0.15) is 13.8 Å². The van der Waals surface area contributed by atoms with Gasteiger partial charge in [-0.05, 0) is 0 Å². The molecule has 2 N–H and O–H groups in total. The monoisotopic (exact) mass is 250 g/mol. The summed E-state index contributed by atoms with van der Waals surface area (Å²) in [6.45, 7) is 6.02. The molecule has 0 aromatic carbocycles. The highest BCUT2D eigenvalue weighted by Gasteiger charge is 2.23. The Balaban J connectivity index is 2.37. The highest BCUT2D eigenvalue weighted by Crippen LogP contribution is 2.04. The molecule has 0 spiro atoms. The van der Waals surface area contributed by atoms with Gasteiger partial charge in [-0.3, -0.25) is 4.90 Å². The molecule has 0 aliphatic carbocycles. The topological polar surface area (TPSA) is 69.6 Å². The van der Waals surface area contributed by atoms with Crippen molar-refractivity contribution in [1.82, 2.24) is 10.2 Å². The zero-order valence-electron chi connectivity index (χ0n) is 10.0. The van der Waals surface area contributed by atoms with Crippen molar-refractivity contribution < 1.29 is 13.5 Å². The Morgan fingerprint density at radius 3 is 2.31 bits per heavy atom. The Bertz CT molecular complexity index is 289. The predicted molar refractivity (Wildman–Crippen MR) is 64.2 cm³/mol. The van der Waals surface area contributed by atoms with Gasteiger partial charge in [0.05, 0.1) is 18.1 Å². The van der Waals surface area contributed by atoms with Gasteiger partial charge in [0, 0.05) is 31.7 Å². The molecule has 1 saturated heterocycles. The SMILES string of the molecule is CC(C)NC(CO)CN1CCS(=O)(=O)CC1. The molecule has 0 amide bonds. The second kappa shape index (κ2) is 5.95. The van der Waals surface area contributed by atoms with Gasteiger partial charge in [-0.1, -0.05) is 13.8 Å². The van der Waals surface area contributed by atoms with Crippen molar-refractivity contribution in [3.63, 3.8) is 0 Å². The van der Waals surface area contributed by atoms with E-state index in [-0.39, 0.29) is 24.2 Å². The third-order valence-electron chi connectivity index (χ3n) is 2.71. The van der Waals surface area contributed by atoms with Gasteiger partial charge in [0.2, 0.25) is 0 Å². The first-order valence-electron chi connectivity index (χ1n) is 5.72. The summed E-state index contributed by atoms with van der Waals surface area (Å²) in [6.07, 6.45) is 0. The Morgan fingerprint density at radius 2 is 1.88 bits per heavy atom. The summed E-state index contributed by atoms with van der Waals surface area (Å²) in [5.41, 5.74) is 0. The third kappa shape index (κ3) is 4.78. The van der Waals surface area contributed by atoms with Crippen molar-refractivity contribution >= 4 is 9.84 Å². The second-order valence-electron chi connectivity index (χ2n) is 4.65. The van der Waals surface area contributed by atoms with Crippen LogP contribution in [0.2, 0.25) is 0 Å². The van der Waals surface area contributed by atoms with Crippen LogP contribution in [0.3, 0.4) is 0 Å². The third-order valence-corrected chi connectivity index (χ3v) is 4.31. The molecule has 5 nitrogen and oxygen atoms in total. The van der Waals surface area contributed by atoms with E-state index in [9.17, 15) is 13.5 Å². The van der Waals surface area contributed by atoms with E-state index in [0.29, 0.717) is 25.7 Å². The number of aliphatic hydroxyl groups excluding tert-OH is 1. The lowest BCUT2D eigenvalue weighted by Crippen LogP contribution is -2.50. The lowest BCUT2D eigenvalue weighted by molar-refractivity contribution is 0.182. The number of aliphatic hydroxyl groups is 1. The highest BCUT2D eigenvalue weighted by atomic mass is 32.2. The number of sulfone groups is 1. The Morgan fingerprint density at radius 1 is 1.31 bits per heavy atom. The van der Waals surface area contributed by atoms with E-state index in [1.54, 1.807) is 0 Å². The minimum atomic E-state index is -2.81. The average Bonchev–Trinajstić information content (AvgIpc) is 2.19. The standard InChI is InChI=1S/C10H22N2O3S/c1-9(2)11-10(8-13)7-12-3-5-16(14,15)6-4-12/h9-11,13H,3-8H2,1-2H3. The summed E-state index contributed by atoms with van der Waals surface area (Å²) >= 11 is 0. The van der Waals surface area contributed by atoms with Crippen LogP contribution in [0.4, 0.5) is 0 Å². The molecule has 1 fully saturated rings. The summed E-state index contributed by atoms with van der Waals surface area (Å²) in [5.74, 6) is 0.486. The van der Waals surface area contributed by atoms with E-state index in [0.717, 1.165) is 0 Å². The Kier molecular flexibility index (Phi) is 5.17. The highest BCUT2D eigenvalue weighted by molar-refractivity contribution is 7.91. The van der Waals surface area contributed by atoms with Crippen molar-refractivity contribution in [3.05, 3.63) is 0 Å². The molecule has 1 aliphatic rings. The molecule has 0 aromatic rings. The maximum absolute atomic E-state index is 11.2. The van der Waals surface area contributed by atoms with Crippen molar-refractivity contribution in [2.75, 3.05) is 37.7 Å². The minimum absolute atomic E-state index is 0.0285. The van der Waals surface area contributed by atoms with Gasteiger partial charge in [-0.2, -0.15) is 0 Å². The van der Waals surface area contributed by atoms with E-state index in [4.69, 9.17) is 0 Å². The van der Waals surface area contributed by atoms with Crippen molar-refractivity contribution in [3.8, 4) is 0 Å². The zero-order chi connectivity index (χ0) is 12.2. The number of rotatable bonds is 5. The lowest BCUT2D eigenvalue weighted by Gasteiger charge is -2.30. The molecule has 1 atom stereocenters. The molecular formula is C10H22N2O3S. The van der Waals surface area contributed by atoms with Gasteiger partial charge in [-0.25, -0.2) is 8.42 Å². The van der Waals surface area contributed by atoms with Crippen LogP contribution in [-0.2, 0) is 9.84 Å². The predicted octanol–water partition coefficient (Wildman–Crippen LogP) is -0.924. The van der Waals surface area contributed by atoms with Crippen LogP contribution < -0.4 is 5.32 Å². The van der Waals surface area contributed by atoms with E-state index < -0.39 is 9.84 Å². The summed E-state index contributed by atoms with van der Waals surface area (Å²) in [5, 5.41) is 12.5. The fourth-order valence-corrected chi connectivity index (χ4v) is 3.16. The van der Waals surface area contributed by atoms with Crippen LogP contribution in [0, 0.1) is 0 Å². The van der Waals surface area contributed by atoms with Crippen LogP contribution in [-0.4, -0.2) is 68.3 Å². The van der Waals surface area contributed by atoms with Crippen LogP contribution in [0.25, 0.3) is 0 Å². The lowest BCUT2D eigenvalue weighted by atomic mass is 10.2. The van der Waals surface area contributed by atoms with Crippen LogP contribution in [0.5, 0.6) is 0 Å². The van der Waals surface area contributed by atoms with E-state index in [1.165, 1.54) is 0 Å². The van der Waals surface area contributed by atoms with Gasteiger partial charge in [0.15, 0.2) is 9.84 Å². The first kappa shape index (κ1) is 13.9. The number of hydrogen-bond donors (Lipinski definition) is 2. The quantitative estimate of drug-likeness (QED) is 0.660. The molecule has 1 aliphatic heterocycles. The molecule has 1 heterocycles. The molecule has 1 unspecified atom stereocenters. The summed E-state index contributed by atoms with van der Waals surface area (Å²) in [6, 6.07) is 0.353. The summed E-state index contributed by atoms with van der Waals surface area (Å²) in [7, 11) is -2.81. The molecule has 0 saturated carbocycles. The molecule has 0 radical (unpaired) electrons. The maximum atomic E-state index is 11.2. The normalized spacial score (nSPS) is 23.5. The number of hydrogen-bond acceptors (Lipinski definition) is 5. The fourth-order valence-electron chi connectivity index (χ4n) is 1.88. The number of nitrogens with zero attached hydrogens (tertiary/aromatic N) is 1. The molecule has 16 heavy (non-hydrogen) atoms. The summed E-state index contributed by atoms with van der Waals surface area (Å²) < 4.78 is 22.5. The van der Waals surface area contributed by atoms with Crippen molar-refractivity contribution in [2.24, 2.45) is 0 Å². The van der Waals surface area contributed by atoms with Gasteiger partial charge >= 0.3 is 0 Å². The van der Waals surface area contributed by atoms with Gasteiger partial charge in [-0.15, -0.1) is 0 Å². The van der Waals surface area contributed by atoms with Crippen molar-refractivity contribution in [1.29, 1.82) is 0 Å². The van der Waals surface area contributed by atoms with E-state index in [2.05, 4.69) is 10.2 Å². The molecular weight excluding hydrogens is 228 g/mol. The van der Waals surface area contributed by atoms with E-state index in [1.807, 2.05) is 13.8 Å². The van der Waals surface area contributed by atoms with Gasteiger partial charge < -0.3 is 10.4 Å². The van der Waals surface area contributed by atoms with Gasteiger partial charge in [0.25, 0.3) is 0 Å². The first-order valence-corrected chi connectivity index (χ1v) is 7.55. The van der Waals surface area contributed by atoms with Crippen LogP contribution in [0.15, 0.2) is 0 Å². The first-order chi connectivity index (χ1) is 7.43. The molecule has 6 heteroatoms. The molecule has 1 rings (SSSR count). The van der Waals surface area contributed by atoms with Crippen LogP contribution >= 0.6 is 0 Å². The Labute approximate surface area is 97.7 Å².